The number of hydrogen-bond donors (Lipinski definition) is 1. The lowest BCUT2D eigenvalue weighted by Crippen LogP contribution is -2.49. The molecule has 10 heavy (non-hydrogen) atoms. The van der Waals surface area contributed by atoms with Crippen molar-refractivity contribution in [1.82, 2.24) is 5.23 Å². The van der Waals surface area contributed by atoms with Gasteiger partial charge in [0.2, 0.25) is 0 Å². The smallest absolute Gasteiger partial charge is 0.377 e. The van der Waals surface area contributed by atoms with Gasteiger partial charge in [-0.1, -0.05) is 0 Å². The Morgan fingerprint density at radius 1 is 1.20 bits per heavy atom. The second-order valence-electron chi connectivity index (χ2n) is 4.04. The van der Waals surface area contributed by atoms with E-state index in [-0.39, 0.29) is 18.2 Å². The Labute approximate surface area is 63.5 Å². The number of nitrogens with one attached hydrogen (secondary N) is 1. The van der Waals surface area contributed by atoms with Crippen molar-refractivity contribution >= 4 is 7.05 Å². The fraction of sp³-hybridized carbons (Fsp3) is 1.00. The molecule has 1 saturated heterocycles. The summed E-state index contributed by atoms with van der Waals surface area (Å²) < 4.78 is 5.65. The van der Waals surface area contributed by atoms with Crippen molar-refractivity contribution in [2.45, 2.75) is 45.7 Å². The van der Waals surface area contributed by atoms with Crippen molar-refractivity contribution in [2.75, 3.05) is 0 Å². The Bertz CT molecular complexity index is 129. The highest BCUT2D eigenvalue weighted by molar-refractivity contribution is 6.48. The maximum absolute atomic E-state index is 5.65. The highest BCUT2D eigenvalue weighted by atomic mass is 16.5. The molecule has 1 N–H and O–H groups in total. The van der Waals surface area contributed by atoms with Crippen LogP contribution in [0.4, 0.5) is 0 Å². The van der Waals surface area contributed by atoms with Crippen LogP contribution < -0.4 is 5.23 Å². The van der Waals surface area contributed by atoms with Gasteiger partial charge in [0, 0.05) is 5.54 Å². The Balaban J connectivity index is 2.78. The fourth-order valence-electron chi connectivity index (χ4n) is 1.30. The monoisotopic (exact) mass is 141 g/mol. The van der Waals surface area contributed by atoms with Crippen molar-refractivity contribution in [3.8, 4) is 0 Å². The largest absolute Gasteiger partial charge is 0.415 e. The summed E-state index contributed by atoms with van der Waals surface area (Å²) in [6.45, 7) is 10.6. The highest BCUT2D eigenvalue weighted by Crippen LogP contribution is 2.30. The van der Waals surface area contributed by atoms with Gasteiger partial charge in [0.25, 0.3) is 0 Å². The molecule has 0 unspecified atom stereocenters. The number of rotatable bonds is 0. The highest BCUT2D eigenvalue weighted by Gasteiger charge is 2.46. The maximum Gasteiger partial charge on any atom is 0.377 e. The SMILES string of the molecule is CB1NC(C)(C)C(C)(C)O1. The Kier molecular flexibility index (Phi) is 1.61. The second kappa shape index (κ2) is 1.99. The van der Waals surface area contributed by atoms with Gasteiger partial charge in [0.05, 0.1) is 5.60 Å². The number of hydrogen-bond acceptors (Lipinski definition) is 2. The predicted octanol–water partition coefficient (Wildman–Crippen LogP) is 1.28. The zero-order chi connectivity index (χ0) is 7.99. The molecule has 1 aliphatic rings. The van der Waals surface area contributed by atoms with E-state index >= 15 is 0 Å². The van der Waals surface area contributed by atoms with Crippen molar-refractivity contribution in [3.05, 3.63) is 0 Å². The van der Waals surface area contributed by atoms with Gasteiger partial charge in [-0.2, -0.15) is 0 Å². The van der Waals surface area contributed by atoms with Gasteiger partial charge in [-0.05, 0) is 34.5 Å². The molecule has 0 amide bonds. The Morgan fingerprint density at radius 3 is 1.80 bits per heavy atom. The van der Waals surface area contributed by atoms with Gasteiger partial charge < -0.3 is 9.88 Å². The predicted molar refractivity (Wildman–Crippen MR) is 44.0 cm³/mol. The van der Waals surface area contributed by atoms with Gasteiger partial charge in [-0.3, -0.25) is 0 Å². The summed E-state index contributed by atoms with van der Waals surface area (Å²) >= 11 is 0. The molecule has 1 aliphatic heterocycles. The van der Waals surface area contributed by atoms with Crippen molar-refractivity contribution in [1.29, 1.82) is 0 Å². The molecular formula is C7H16BNO. The minimum Gasteiger partial charge on any atom is -0.415 e. The van der Waals surface area contributed by atoms with Crippen LogP contribution >= 0.6 is 0 Å². The van der Waals surface area contributed by atoms with E-state index < -0.39 is 0 Å². The van der Waals surface area contributed by atoms with Crippen LogP contribution in [0.1, 0.15) is 27.7 Å². The minimum atomic E-state index is -0.0492. The maximum atomic E-state index is 5.65. The molecule has 2 nitrogen and oxygen atoms in total. The summed E-state index contributed by atoms with van der Waals surface area (Å²) in [5, 5.41) is 3.36. The van der Waals surface area contributed by atoms with Gasteiger partial charge >= 0.3 is 7.05 Å². The van der Waals surface area contributed by atoms with Crippen molar-refractivity contribution in [3.63, 3.8) is 0 Å². The van der Waals surface area contributed by atoms with Crippen LogP contribution in [0.3, 0.4) is 0 Å². The molecule has 0 atom stereocenters. The molecule has 0 aromatic carbocycles. The molecule has 0 aromatic rings. The molecule has 0 radical (unpaired) electrons. The first-order valence-electron chi connectivity index (χ1n) is 3.81. The van der Waals surface area contributed by atoms with Crippen LogP contribution in [0, 0.1) is 0 Å². The lowest BCUT2D eigenvalue weighted by atomic mass is 9.84. The van der Waals surface area contributed by atoms with Crippen molar-refractivity contribution < 1.29 is 4.65 Å². The topological polar surface area (TPSA) is 21.3 Å². The molecule has 0 saturated carbocycles. The fourth-order valence-corrected chi connectivity index (χ4v) is 1.30. The molecule has 58 valence electrons. The normalized spacial score (nSPS) is 29.1. The van der Waals surface area contributed by atoms with E-state index in [9.17, 15) is 0 Å². The van der Waals surface area contributed by atoms with E-state index in [1.165, 1.54) is 0 Å². The first kappa shape index (κ1) is 8.09. The van der Waals surface area contributed by atoms with Crippen LogP contribution in [0.15, 0.2) is 0 Å². The summed E-state index contributed by atoms with van der Waals surface area (Å²) in [6.07, 6.45) is 0. The Morgan fingerprint density at radius 2 is 1.70 bits per heavy atom. The molecule has 1 fully saturated rings. The summed E-state index contributed by atoms with van der Waals surface area (Å²) in [7, 11) is 0.185. The first-order valence-corrected chi connectivity index (χ1v) is 3.81. The molecule has 3 heteroatoms. The Hall–Kier alpha value is -0.0151. The van der Waals surface area contributed by atoms with E-state index in [0.29, 0.717) is 0 Å². The first-order chi connectivity index (χ1) is 4.35. The zero-order valence-corrected chi connectivity index (χ0v) is 7.49. The van der Waals surface area contributed by atoms with E-state index in [0.717, 1.165) is 0 Å². The van der Waals surface area contributed by atoms with Crippen LogP contribution in [-0.2, 0) is 4.65 Å². The zero-order valence-electron chi connectivity index (χ0n) is 7.49. The van der Waals surface area contributed by atoms with Gasteiger partial charge in [0.1, 0.15) is 0 Å². The second-order valence-corrected chi connectivity index (χ2v) is 4.04. The molecule has 1 heterocycles. The summed E-state index contributed by atoms with van der Waals surface area (Å²) in [5.74, 6) is 0. The van der Waals surface area contributed by atoms with E-state index in [1.54, 1.807) is 0 Å². The third-order valence-electron chi connectivity index (χ3n) is 2.54. The van der Waals surface area contributed by atoms with Gasteiger partial charge in [-0.25, -0.2) is 0 Å². The van der Waals surface area contributed by atoms with E-state index in [1.807, 2.05) is 6.82 Å². The lowest BCUT2D eigenvalue weighted by molar-refractivity contribution is 0.0742. The lowest BCUT2D eigenvalue weighted by Gasteiger charge is -2.33. The third-order valence-corrected chi connectivity index (χ3v) is 2.54. The standard InChI is InChI=1S/C7H16BNO/c1-6(2)7(3,4)10-8(5)9-6/h9H,1-5H3. The summed E-state index contributed by atoms with van der Waals surface area (Å²) in [6, 6.07) is 0. The van der Waals surface area contributed by atoms with E-state index in [2.05, 4.69) is 32.9 Å². The molecular weight excluding hydrogens is 125 g/mol. The van der Waals surface area contributed by atoms with Crippen LogP contribution in [-0.4, -0.2) is 18.2 Å². The van der Waals surface area contributed by atoms with Crippen LogP contribution in [0.2, 0.25) is 6.82 Å². The molecule has 0 aliphatic carbocycles. The quantitative estimate of drug-likeness (QED) is 0.513. The van der Waals surface area contributed by atoms with Crippen LogP contribution in [0.5, 0.6) is 0 Å². The molecule has 1 rings (SSSR count). The average molecular weight is 141 g/mol. The average Bonchev–Trinajstić information content (AvgIpc) is 1.73. The van der Waals surface area contributed by atoms with Gasteiger partial charge in [0.15, 0.2) is 0 Å². The van der Waals surface area contributed by atoms with Crippen LogP contribution in [0.25, 0.3) is 0 Å². The van der Waals surface area contributed by atoms with Crippen molar-refractivity contribution in [2.24, 2.45) is 0 Å². The summed E-state index contributed by atoms with van der Waals surface area (Å²) in [4.78, 5) is 0. The van der Waals surface area contributed by atoms with Gasteiger partial charge in [-0.15, -0.1) is 0 Å². The third kappa shape index (κ3) is 1.08. The van der Waals surface area contributed by atoms with E-state index in [4.69, 9.17) is 4.65 Å². The molecule has 0 bridgehead atoms. The molecule has 0 spiro atoms. The molecule has 0 aromatic heterocycles. The summed E-state index contributed by atoms with van der Waals surface area (Å²) in [5.41, 5.74) is 0.0405. The minimum absolute atomic E-state index is 0.0492.